The van der Waals surface area contributed by atoms with Crippen molar-refractivity contribution in [1.82, 2.24) is 10.3 Å². The van der Waals surface area contributed by atoms with Gasteiger partial charge in [-0.25, -0.2) is 9.78 Å². The topological polar surface area (TPSA) is 79.3 Å². The minimum absolute atomic E-state index is 0.204. The highest BCUT2D eigenvalue weighted by molar-refractivity contribution is 7.09. The van der Waals surface area contributed by atoms with Crippen LogP contribution in [0.4, 0.5) is 0 Å². The zero-order valence-corrected chi connectivity index (χ0v) is 13.0. The summed E-state index contributed by atoms with van der Waals surface area (Å²) in [5, 5.41) is 14.6. The molecule has 6 heteroatoms. The van der Waals surface area contributed by atoms with Crippen LogP contribution in [-0.2, 0) is 16.0 Å². The van der Waals surface area contributed by atoms with E-state index in [2.05, 4.69) is 10.3 Å². The highest BCUT2D eigenvalue weighted by Crippen LogP contribution is 2.11. The molecule has 0 unspecified atom stereocenters. The van der Waals surface area contributed by atoms with Gasteiger partial charge in [0.25, 0.3) is 0 Å². The van der Waals surface area contributed by atoms with Crippen molar-refractivity contribution in [2.24, 2.45) is 5.92 Å². The maximum atomic E-state index is 11.7. The van der Waals surface area contributed by atoms with Gasteiger partial charge in [-0.15, -0.1) is 11.3 Å². The summed E-state index contributed by atoms with van der Waals surface area (Å²) in [5.41, 5.74) is 0.997. The SMILES string of the molecule is Cc1nc(CCCC(=O)N[C@H](CC(C)C)C(=O)O)cs1. The molecule has 20 heavy (non-hydrogen) atoms. The van der Waals surface area contributed by atoms with Gasteiger partial charge in [-0.05, 0) is 32.1 Å². The number of carbonyl (C=O) groups is 2. The molecular formula is C14H22N2O3S. The smallest absolute Gasteiger partial charge is 0.326 e. The molecule has 1 atom stereocenters. The van der Waals surface area contributed by atoms with Gasteiger partial charge >= 0.3 is 5.97 Å². The van der Waals surface area contributed by atoms with Gasteiger partial charge in [0.2, 0.25) is 5.91 Å². The fourth-order valence-corrected chi connectivity index (χ4v) is 2.56. The summed E-state index contributed by atoms with van der Waals surface area (Å²) in [6.45, 7) is 5.82. The van der Waals surface area contributed by atoms with Crippen molar-refractivity contribution in [3.63, 3.8) is 0 Å². The summed E-state index contributed by atoms with van der Waals surface area (Å²) in [6, 6.07) is -0.788. The molecule has 0 fully saturated rings. The Bertz CT molecular complexity index is 457. The molecule has 1 amide bonds. The highest BCUT2D eigenvalue weighted by atomic mass is 32.1. The Hall–Kier alpha value is -1.43. The average molecular weight is 298 g/mol. The Labute approximate surface area is 123 Å². The maximum absolute atomic E-state index is 11.7. The Kier molecular flexibility index (Phi) is 6.64. The lowest BCUT2D eigenvalue weighted by Crippen LogP contribution is -2.41. The number of nitrogens with one attached hydrogen (secondary N) is 1. The van der Waals surface area contributed by atoms with E-state index in [1.165, 1.54) is 0 Å². The quantitative estimate of drug-likeness (QED) is 0.772. The van der Waals surface area contributed by atoms with E-state index in [4.69, 9.17) is 5.11 Å². The summed E-state index contributed by atoms with van der Waals surface area (Å²) >= 11 is 1.60. The van der Waals surface area contributed by atoms with E-state index in [1.807, 2.05) is 26.2 Å². The summed E-state index contributed by atoms with van der Waals surface area (Å²) in [4.78, 5) is 27.1. The van der Waals surface area contributed by atoms with Crippen molar-refractivity contribution >= 4 is 23.2 Å². The molecule has 1 aromatic heterocycles. The molecule has 1 rings (SSSR count). The van der Waals surface area contributed by atoms with Crippen LogP contribution < -0.4 is 5.32 Å². The second kappa shape index (κ2) is 7.99. The summed E-state index contributed by atoms with van der Waals surface area (Å²) < 4.78 is 0. The summed E-state index contributed by atoms with van der Waals surface area (Å²) in [7, 11) is 0. The lowest BCUT2D eigenvalue weighted by atomic mass is 10.0. The van der Waals surface area contributed by atoms with Crippen molar-refractivity contribution < 1.29 is 14.7 Å². The standard InChI is InChI=1S/C14H22N2O3S/c1-9(2)7-12(14(18)19)16-13(17)6-4-5-11-8-20-10(3)15-11/h8-9,12H,4-7H2,1-3H3,(H,16,17)(H,18,19)/t12-/m1/s1. The molecule has 2 N–H and O–H groups in total. The molecule has 0 spiro atoms. The second-order valence-electron chi connectivity index (χ2n) is 5.30. The monoisotopic (exact) mass is 298 g/mol. The number of amides is 1. The van der Waals surface area contributed by atoms with Gasteiger partial charge in [-0.2, -0.15) is 0 Å². The van der Waals surface area contributed by atoms with Crippen LogP contribution in [0.1, 0.15) is 43.8 Å². The summed E-state index contributed by atoms with van der Waals surface area (Å²) in [5.74, 6) is -0.943. The van der Waals surface area contributed by atoms with Crippen molar-refractivity contribution in [3.05, 3.63) is 16.1 Å². The third kappa shape index (κ3) is 6.14. The maximum Gasteiger partial charge on any atom is 0.326 e. The zero-order chi connectivity index (χ0) is 15.1. The Morgan fingerprint density at radius 3 is 2.65 bits per heavy atom. The lowest BCUT2D eigenvalue weighted by Gasteiger charge is -2.16. The van der Waals surface area contributed by atoms with Gasteiger partial charge < -0.3 is 10.4 Å². The van der Waals surface area contributed by atoms with Gasteiger partial charge in [-0.1, -0.05) is 13.8 Å². The number of thiazole rings is 1. The predicted molar refractivity (Wildman–Crippen MR) is 78.8 cm³/mol. The molecule has 112 valence electrons. The van der Waals surface area contributed by atoms with Crippen LogP contribution in [0.2, 0.25) is 0 Å². The Balaban J connectivity index is 2.32. The fourth-order valence-electron chi connectivity index (χ4n) is 1.91. The molecule has 0 saturated heterocycles. The highest BCUT2D eigenvalue weighted by Gasteiger charge is 2.20. The van der Waals surface area contributed by atoms with Crippen LogP contribution in [0.5, 0.6) is 0 Å². The van der Waals surface area contributed by atoms with Crippen molar-refractivity contribution in [2.45, 2.75) is 52.5 Å². The van der Waals surface area contributed by atoms with E-state index in [-0.39, 0.29) is 11.8 Å². The molecule has 5 nitrogen and oxygen atoms in total. The molecule has 0 aliphatic rings. The fraction of sp³-hybridized carbons (Fsp3) is 0.643. The van der Waals surface area contributed by atoms with Crippen LogP contribution in [-0.4, -0.2) is 28.0 Å². The van der Waals surface area contributed by atoms with Gasteiger partial charge in [0.15, 0.2) is 0 Å². The van der Waals surface area contributed by atoms with Crippen molar-refractivity contribution in [1.29, 1.82) is 0 Å². The van der Waals surface area contributed by atoms with Gasteiger partial charge in [0.1, 0.15) is 6.04 Å². The second-order valence-corrected chi connectivity index (χ2v) is 6.36. The predicted octanol–water partition coefficient (Wildman–Crippen LogP) is 2.39. The number of aliphatic carboxylic acids is 1. The van der Waals surface area contributed by atoms with E-state index in [0.717, 1.165) is 17.1 Å². The normalized spacial score (nSPS) is 12.4. The van der Waals surface area contributed by atoms with E-state index >= 15 is 0 Å². The Morgan fingerprint density at radius 2 is 2.15 bits per heavy atom. The average Bonchev–Trinajstić information content (AvgIpc) is 2.73. The van der Waals surface area contributed by atoms with Crippen molar-refractivity contribution in [2.75, 3.05) is 0 Å². The van der Waals surface area contributed by atoms with Crippen LogP contribution in [0, 0.1) is 12.8 Å². The van der Waals surface area contributed by atoms with Gasteiger partial charge in [0, 0.05) is 11.8 Å². The number of aryl methyl sites for hydroxylation is 2. The molecular weight excluding hydrogens is 276 g/mol. The first-order valence-electron chi connectivity index (χ1n) is 6.81. The van der Waals surface area contributed by atoms with E-state index in [9.17, 15) is 9.59 Å². The largest absolute Gasteiger partial charge is 0.480 e. The van der Waals surface area contributed by atoms with Gasteiger partial charge in [-0.3, -0.25) is 4.79 Å². The minimum atomic E-state index is -0.970. The first-order chi connectivity index (χ1) is 9.38. The van der Waals surface area contributed by atoms with Crippen LogP contribution >= 0.6 is 11.3 Å². The number of hydrogen-bond donors (Lipinski definition) is 2. The molecule has 0 aromatic carbocycles. The number of carboxylic acids is 1. The molecule has 0 radical (unpaired) electrons. The third-order valence-corrected chi connectivity index (χ3v) is 3.67. The first kappa shape index (κ1) is 16.6. The number of hydrogen-bond acceptors (Lipinski definition) is 4. The van der Waals surface area contributed by atoms with Crippen LogP contribution in [0.25, 0.3) is 0 Å². The number of carbonyl (C=O) groups excluding carboxylic acids is 1. The number of aromatic nitrogens is 1. The van der Waals surface area contributed by atoms with Gasteiger partial charge in [0.05, 0.1) is 10.7 Å². The molecule has 0 aliphatic heterocycles. The van der Waals surface area contributed by atoms with E-state index in [0.29, 0.717) is 19.3 Å². The third-order valence-electron chi connectivity index (χ3n) is 2.84. The molecule has 1 heterocycles. The molecule has 0 saturated carbocycles. The summed E-state index contributed by atoms with van der Waals surface area (Å²) in [6.07, 6.45) is 2.22. The molecule has 1 aromatic rings. The lowest BCUT2D eigenvalue weighted by molar-refractivity contribution is -0.142. The number of carboxylic acid groups (broad SMARTS) is 1. The number of nitrogens with zero attached hydrogens (tertiary/aromatic N) is 1. The van der Waals surface area contributed by atoms with Crippen LogP contribution in [0.15, 0.2) is 5.38 Å². The molecule has 0 aliphatic carbocycles. The number of rotatable bonds is 8. The van der Waals surface area contributed by atoms with Crippen molar-refractivity contribution in [3.8, 4) is 0 Å². The Morgan fingerprint density at radius 1 is 1.45 bits per heavy atom. The first-order valence-corrected chi connectivity index (χ1v) is 7.69. The molecule has 0 bridgehead atoms. The zero-order valence-electron chi connectivity index (χ0n) is 12.2. The van der Waals surface area contributed by atoms with E-state index in [1.54, 1.807) is 11.3 Å². The van der Waals surface area contributed by atoms with E-state index < -0.39 is 12.0 Å². The minimum Gasteiger partial charge on any atom is -0.480 e. The van der Waals surface area contributed by atoms with Crippen LogP contribution in [0.3, 0.4) is 0 Å².